The van der Waals surface area contributed by atoms with Crippen LogP contribution >= 0.6 is 0 Å². The van der Waals surface area contributed by atoms with Crippen LogP contribution in [-0.2, 0) is 4.74 Å². The second-order valence-corrected chi connectivity index (χ2v) is 7.06. The van der Waals surface area contributed by atoms with Crippen LogP contribution in [0.15, 0.2) is 48.5 Å². The monoisotopic (exact) mass is 309 g/mol. The van der Waals surface area contributed by atoms with Gasteiger partial charge in [0.15, 0.2) is 0 Å². The molecule has 2 atom stereocenters. The Morgan fingerprint density at radius 1 is 0.913 bits per heavy atom. The van der Waals surface area contributed by atoms with E-state index in [1.165, 1.54) is 22.3 Å². The molecule has 1 aliphatic carbocycles. The fourth-order valence-corrected chi connectivity index (χ4v) is 3.37. The van der Waals surface area contributed by atoms with Gasteiger partial charge in [0.2, 0.25) is 0 Å². The smallest absolute Gasteiger partial charge is 0.105 e. The van der Waals surface area contributed by atoms with E-state index in [2.05, 4.69) is 69.3 Å². The van der Waals surface area contributed by atoms with Gasteiger partial charge in [-0.1, -0.05) is 69.3 Å². The third-order valence-corrected chi connectivity index (χ3v) is 5.18. The number of fused-ring (bicyclic) bond motifs is 3. The van der Waals surface area contributed by atoms with Gasteiger partial charge in [-0.15, -0.1) is 0 Å². The molecule has 2 aromatic carbocycles. The number of ether oxygens (including phenoxy) is 1. The third-order valence-electron chi connectivity index (χ3n) is 5.18. The van der Waals surface area contributed by atoms with E-state index in [0.717, 1.165) is 6.42 Å². The summed E-state index contributed by atoms with van der Waals surface area (Å²) >= 11 is 0. The quantitative estimate of drug-likeness (QED) is 0.779. The molecule has 23 heavy (non-hydrogen) atoms. The summed E-state index contributed by atoms with van der Waals surface area (Å²) < 4.78 is 6.04. The Hall–Kier alpha value is -1.64. The van der Waals surface area contributed by atoms with Gasteiger partial charge >= 0.3 is 0 Å². The van der Waals surface area contributed by atoms with Gasteiger partial charge in [0.05, 0.1) is 6.61 Å². The fraction of sp³-hybridized carbons (Fsp3) is 0.429. The van der Waals surface area contributed by atoms with Crippen molar-refractivity contribution in [3.63, 3.8) is 0 Å². The lowest BCUT2D eigenvalue weighted by molar-refractivity contribution is 0.0336. The highest BCUT2D eigenvalue weighted by atomic mass is 16.5. The van der Waals surface area contributed by atoms with Crippen molar-refractivity contribution in [2.24, 2.45) is 17.6 Å². The van der Waals surface area contributed by atoms with Crippen LogP contribution in [0.1, 0.15) is 44.2 Å². The van der Waals surface area contributed by atoms with Crippen LogP contribution in [0.25, 0.3) is 11.1 Å². The topological polar surface area (TPSA) is 35.2 Å². The molecule has 0 fully saturated rings. The first-order valence-corrected chi connectivity index (χ1v) is 8.63. The number of hydrogen-bond donors (Lipinski definition) is 1. The highest BCUT2D eigenvalue weighted by molar-refractivity contribution is 5.78. The molecule has 0 amide bonds. The zero-order valence-corrected chi connectivity index (χ0v) is 14.3. The summed E-state index contributed by atoms with van der Waals surface area (Å²) in [6.45, 7) is 7.37. The van der Waals surface area contributed by atoms with Crippen molar-refractivity contribution in [3.05, 3.63) is 59.7 Å². The Bertz CT molecular complexity index is 619. The molecule has 2 nitrogen and oxygen atoms in total. The van der Waals surface area contributed by atoms with Crippen LogP contribution in [0.2, 0.25) is 0 Å². The summed E-state index contributed by atoms with van der Waals surface area (Å²) in [5.41, 5.74) is 11.6. The summed E-state index contributed by atoms with van der Waals surface area (Å²) in [5, 5.41) is 0. The molecule has 0 aliphatic heterocycles. The number of nitrogens with two attached hydrogens (primary N) is 1. The van der Waals surface area contributed by atoms with Crippen LogP contribution in [0.5, 0.6) is 0 Å². The predicted molar refractivity (Wildman–Crippen MR) is 96.3 cm³/mol. The molecule has 2 N–H and O–H groups in total. The lowest BCUT2D eigenvalue weighted by atomic mass is 9.94. The van der Waals surface area contributed by atoms with Gasteiger partial charge in [0, 0.05) is 5.92 Å². The van der Waals surface area contributed by atoms with E-state index < -0.39 is 0 Å². The van der Waals surface area contributed by atoms with Crippen LogP contribution < -0.4 is 5.73 Å². The summed E-state index contributed by atoms with van der Waals surface area (Å²) in [4.78, 5) is 0. The number of hydrogen-bond acceptors (Lipinski definition) is 2. The van der Waals surface area contributed by atoms with Crippen molar-refractivity contribution in [1.29, 1.82) is 0 Å². The lowest BCUT2D eigenvalue weighted by Gasteiger charge is -2.22. The molecule has 3 rings (SSSR count). The molecule has 122 valence electrons. The Morgan fingerprint density at radius 2 is 1.43 bits per heavy atom. The summed E-state index contributed by atoms with van der Waals surface area (Å²) in [5.74, 6) is 1.51. The van der Waals surface area contributed by atoms with Crippen molar-refractivity contribution in [1.82, 2.24) is 0 Å². The Kier molecular flexibility index (Phi) is 4.84. The van der Waals surface area contributed by atoms with Gasteiger partial charge in [0.1, 0.15) is 6.23 Å². The van der Waals surface area contributed by atoms with E-state index >= 15 is 0 Å². The Morgan fingerprint density at radius 3 is 1.96 bits per heavy atom. The normalized spacial score (nSPS) is 16.2. The third kappa shape index (κ3) is 3.34. The zero-order valence-electron chi connectivity index (χ0n) is 14.3. The van der Waals surface area contributed by atoms with Crippen LogP contribution in [0.4, 0.5) is 0 Å². The number of benzene rings is 2. The van der Waals surface area contributed by atoms with Crippen LogP contribution in [-0.4, -0.2) is 12.8 Å². The van der Waals surface area contributed by atoms with Gasteiger partial charge in [-0.2, -0.15) is 0 Å². The molecular formula is C21H27NO. The minimum Gasteiger partial charge on any atom is -0.363 e. The van der Waals surface area contributed by atoms with Crippen molar-refractivity contribution in [2.45, 2.75) is 39.3 Å². The molecule has 2 heteroatoms. The van der Waals surface area contributed by atoms with E-state index in [4.69, 9.17) is 10.5 Å². The minimum atomic E-state index is -0.188. The van der Waals surface area contributed by atoms with Crippen LogP contribution in [0.3, 0.4) is 0 Å². The maximum absolute atomic E-state index is 6.21. The summed E-state index contributed by atoms with van der Waals surface area (Å²) in [6.07, 6.45) is 0.723. The SMILES string of the molecule is CC(C)C(C)CC(N)OCC1c2ccccc2-c2ccccc21. The van der Waals surface area contributed by atoms with Crippen molar-refractivity contribution in [3.8, 4) is 11.1 Å². The number of rotatable bonds is 6. The Balaban J connectivity index is 1.73. The first-order valence-electron chi connectivity index (χ1n) is 8.63. The van der Waals surface area contributed by atoms with Crippen molar-refractivity contribution < 1.29 is 4.74 Å². The zero-order chi connectivity index (χ0) is 16.4. The Labute approximate surface area is 139 Å². The molecule has 2 unspecified atom stereocenters. The van der Waals surface area contributed by atoms with Crippen molar-refractivity contribution in [2.75, 3.05) is 6.61 Å². The van der Waals surface area contributed by atoms with Gasteiger partial charge in [-0.05, 0) is 40.5 Å². The van der Waals surface area contributed by atoms with Gasteiger partial charge in [-0.3, -0.25) is 0 Å². The summed E-state index contributed by atoms with van der Waals surface area (Å²) in [7, 11) is 0. The molecule has 0 aromatic heterocycles. The molecular weight excluding hydrogens is 282 g/mol. The first kappa shape index (κ1) is 16.2. The van der Waals surface area contributed by atoms with E-state index in [1.54, 1.807) is 0 Å². The molecule has 0 spiro atoms. The van der Waals surface area contributed by atoms with E-state index in [1.807, 2.05) is 0 Å². The highest BCUT2D eigenvalue weighted by Gasteiger charge is 2.28. The average Bonchev–Trinajstić information content (AvgIpc) is 2.87. The second kappa shape index (κ2) is 6.86. The van der Waals surface area contributed by atoms with E-state index in [9.17, 15) is 0 Å². The molecule has 0 radical (unpaired) electrons. The average molecular weight is 309 g/mol. The molecule has 1 aliphatic rings. The molecule has 0 saturated carbocycles. The van der Waals surface area contributed by atoms with E-state index in [0.29, 0.717) is 24.4 Å². The van der Waals surface area contributed by atoms with Gasteiger partial charge < -0.3 is 10.5 Å². The van der Waals surface area contributed by atoms with Gasteiger partial charge in [-0.25, -0.2) is 0 Å². The fourth-order valence-electron chi connectivity index (χ4n) is 3.37. The maximum atomic E-state index is 6.21. The molecule has 0 bridgehead atoms. The largest absolute Gasteiger partial charge is 0.363 e. The maximum Gasteiger partial charge on any atom is 0.105 e. The summed E-state index contributed by atoms with van der Waals surface area (Å²) in [6, 6.07) is 17.3. The second-order valence-electron chi connectivity index (χ2n) is 7.06. The van der Waals surface area contributed by atoms with Gasteiger partial charge in [0.25, 0.3) is 0 Å². The van der Waals surface area contributed by atoms with Crippen LogP contribution in [0, 0.1) is 11.8 Å². The molecule has 0 heterocycles. The lowest BCUT2D eigenvalue weighted by Crippen LogP contribution is -2.29. The highest BCUT2D eigenvalue weighted by Crippen LogP contribution is 2.44. The van der Waals surface area contributed by atoms with E-state index in [-0.39, 0.29) is 6.23 Å². The van der Waals surface area contributed by atoms with Crippen molar-refractivity contribution >= 4 is 0 Å². The standard InChI is InChI=1S/C21H27NO/c1-14(2)15(3)12-21(22)23-13-20-18-10-6-4-8-16(18)17-9-5-7-11-19(17)20/h4-11,14-15,20-21H,12-13,22H2,1-3H3. The minimum absolute atomic E-state index is 0.188. The molecule has 0 saturated heterocycles. The first-order chi connectivity index (χ1) is 11.1. The predicted octanol–water partition coefficient (Wildman–Crippen LogP) is 4.78. The molecule has 2 aromatic rings.